The number of carboxylic acids is 1. The molecule has 7 nitrogen and oxygen atoms in total. The van der Waals surface area contributed by atoms with Crippen LogP contribution in [0.15, 0.2) is 48.5 Å². The largest absolute Gasteiger partial charge is 0.496 e. The van der Waals surface area contributed by atoms with Crippen molar-refractivity contribution in [2.75, 3.05) is 13.7 Å². The first kappa shape index (κ1) is 24.3. The molecule has 0 aliphatic heterocycles. The summed E-state index contributed by atoms with van der Waals surface area (Å²) in [6.07, 6.45) is 1.88. The van der Waals surface area contributed by atoms with Crippen LogP contribution in [-0.4, -0.2) is 45.8 Å². The van der Waals surface area contributed by atoms with Crippen LogP contribution in [0.5, 0.6) is 11.5 Å². The monoisotopic (exact) mass is 452 g/mol. The zero-order valence-electron chi connectivity index (χ0n) is 19.5. The number of aromatic nitrogens is 2. The van der Waals surface area contributed by atoms with Crippen LogP contribution in [-0.2, 0) is 17.8 Å². The minimum Gasteiger partial charge on any atom is -0.496 e. The van der Waals surface area contributed by atoms with Crippen LogP contribution < -0.4 is 9.47 Å². The minimum atomic E-state index is -0.896. The van der Waals surface area contributed by atoms with Gasteiger partial charge in [0.2, 0.25) is 0 Å². The molecule has 0 spiro atoms. The van der Waals surface area contributed by atoms with Crippen LogP contribution in [0.2, 0.25) is 0 Å². The predicted molar refractivity (Wildman–Crippen MR) is 128 cm³/mol. The topological polar surface area (TPSA) is 93.8 Å². The van der Waals surface area contributed by atoms with E-state index in [1.54, 1.807) is 17.9 Å². The molecule has 2 N–H and O–H groups in total. The molecule has 0 aliphatic carbocycles. The number of hydrogen-bond donors (Lipinski definition) is 2. The lowest BCUT2D eigenvalue weighted by molar-refractivity contribution is -0.136. The molecule has 0 aliphatic rings. The second-order valence-electron chi connectivity index (χ2n) is 7.96. The van der Waals surface area contributed by atoms with E-state index in [2.05, 4.69) is 6.92 Å². The number of hydrogen-bond acceptors (Lipinski definition) is 5. The summed E-state index contributed by atoms with van der Waals surface area (Å²) < 4.78 is 13.4. The zero-order valence-corrected chi connectivity index (χ0v) is 19.5. The Hall–Kier alpha value is -3.32. The number of carboxylic acid groups (broad SMARTS) is 1. The number of aliphatic hydroxyl groups excluding tert-OH is 1. The maximum Gasteiger partial charge on any atom is 0.307 e. The SMILES string of the molecule is CCCCOc1ccc(CC(=O)O)cc1-c1cc(-c2ccccc2OC)n(C[C@H](O)CC)n1. The number of aliphatic hydroxyl groups is 1. The Morgan fingerprint density at radius 3 is 2.58 bits per heavy atom. The fraction of sp³-hybridized carbons (Fsp3) is 0.385. The Bertz CT molecular complexity index is 1080. The van der Waals surface area contributed by atoms with Gasteiger partial charge in [0.15, 0.2) is 0 Å². The van der Waals surface area contributed by atoms with Gasteiger partial charge in [-0.05, 0) is 48.7 Å². The third-order valence-electron chi connectivity index (χ3n) is 5.45. The third kappa shape index (κ3) is 6.14. The highest BCUT2D eigenvalue weighted by molar-refractivity contribution is 5.77. The van der Waals surface area contributed by atoms with Crippen LogP contribution in [0.4, 0.5) is 0 Å². The molecule has 176 valence electrons. The van der Waals surface area contributed by atoms with Crippen molar-refractivity contribution in [3.63, 3.8) is 0 Å². The fourth-order valence-electron chi connectivity index (χ4n) is 3.60. The van der Waals surface area contributed by atoms with Gasteiger partial charge in [-0.3, -0.25) is 9.48 Å². The molecular formula is C26H32N2O5. The third-order valence-corrected chi connectivity index (χ3v) is 5.45. The summed E-state index contributed by atoms with van der Waals surface area (Å²) in [5.74, 6) is 0.465. The Kier molecular flexibility index (Phi) is 8.49. The number of unbranched alkanes of at least 4 members (excludes halogenated alkanes) is 1. The number of aliphatic carboxylic acids is 1. The van der Waals surface area contributed by atoms with Crippen molar-refractivity contribution in [3.05, 3.63) is 54.1 Å². The molecule has 0 saturated heterocycles. The van der Waals surface area contributed by atoms with E-state index in [0.29, 0.717) is 42.3 Å². The number of benzene rings is 2. The molecule has 33 heavy (non-hydrogen) atoms. The number of carbonyl (C=O) groups is 1. The van der Waals surface area contributed by atoms with Gasteiger partial charge in [-0.2, -0.15) is 5.10 Å². The molecule has 1 aromatic heterocycles. The van der Waals surface area contributed by atoms with Gasteiger partial charge >= 0.3 is 5.97 Å². The van der Waals surface area contributed by atoms with E-state index in [9.17, 15) is 15.0 Å². The number of ether oxygens (including phenoxy) is 2. The van der Waals surface area contributed by atoms with Crippen molar-refractivity contribution < 1.29 is 24.5 Å². The van der Waals surface area contributed by atoms with Crippen LogP contribution in [0.25, 0.3) is 22.5 Å². The van der Waals surface area contributed by atoms with Gasteiger partial charge in [0, 0.05) is 11.1 Å². The van der Waals surface area contributed by atoms with Crippen molar-refractivity contribution in [3.8, 4) is 34.0 Å². The van der Waals surface area contributed by atoms with E-state index in [1.807, 2.05) is 49.4 Å². The van der Waals surface area contributed by atoms with Crippen LogP contribution in [0.1, 0.15) is 38.7 Å². The summed E-state index contributed by atoms with van der Waals surface area (Å²) in [7, 11) is 1.62. The Labute approximate surface area is 194 Å². The van der Waals surface area contributed by atoms with Gasteiger partial charge in [0.25, 0.3) is 0 Å². The van der Waals surface area contributed by atoms with E-state index in [-0.39, 0.29) is 6.42 Å². The second kappa shape index (κ2) is 11.5. The Morgan fingerprint density at radius 1 is 1.09 bits per heavy atom. The molecule has 1 atom stereocenters. The van der Waals surface area contributed by atoms with Crippen LogP contribution in [0, 0.1) is 0 Å². The summed E-state index contributed by atoms with van der Waals surface area (Å²) >= 11 is 0. The predicted octanol–water partition coefficient (Wildman–Crippen LogP) is 4.80. The Balaban J connectivity index is 2.13. The zero-order chi connectivity index (χ0) is 23.8. The highest BCUT2D eigenvalue weighted by atomic mass is 16.5. The molecule has 2 aromatic carbocycles. The molecule has 0 radical (unpaired) electrons. The summed E-state index contributed by atoms with van der Waals surface area (Å²) in [5.41, 5.74) is 3.71. The first-order chi connectivity index (χ1) is 16.0. The van der Waals surface area contributed by atoms with Crippen LogP contribution in [0.3, 0.4) is 0 Å². The van der Waals surface area contributed by atoms with E-state index >= 15 is 0 Å². The van der Waals surface area contributed by atoms with Gasteiger partial charge in [0.1, 0.15) is 11.5 Å². The van der Waals surface area contributed by atoms with Crippen molar-refractivity contribution in [1.82, 2.24) is 9.78 Å². The highest BCUT2D eigenvalue weighted by Gasteiger charge is 2.19. The number of rotatable bonds is 12. The quantitative estimate of drug-likeness (QED) is 0.383. The number of para-hydroxylation sites is 1. The minimum absolute atomic E-state index is 0.0864. The fourth-order valence-corrected chi connectivity index (χ4v) is 3.60. The maximum atomic E-state index is 11.3. The van der Waals surface area contributed by atoms with E-state index in [0.717, 1.165) is 29.7 Å². The summed E-state index contributed by atoms with van der Waals surface area (Å²) in [4.78, 5) is 11.3. The molecule has 3 rings (SSSR count). The number of nitrogens with zero attached hydrogens (tertiary/aromatic N) is 2. The van der Waals surface area contributed by atoms with Gasteiger partial charge in [0.05, 0.1) is 44.2 Å². The second-order valence-corrected chi connectivity index (χ2v) is 7.96. The summed E-state index contributed by atoms with van der Waals surface area (Å²) in [5, 5.41) is 24.4. The molecule has 0 fully saturated rings. The molecule has 1 heterocycles. The molecule has 0 bridgehead atoms. The van der Waals surface area contributed by atoms with Crippen molar-refractivity contribution in [1.29, 1.82) is 0 Å². The van der Waals surface area contributed by atoms with E-state index in [4.69, 9.17) is 14.6 Å². The maximum absolute atomic E-state index is 11.3. The van der Waals surface area contributed by atoms with Crippen molar-refractivity contribution in [2.45, 2.75) is 52.2 Å². The van der Waals surface area contributed by atoms with Crippen molar-refractivity contribution >= 4 is 5.97 Å². The summed E-state index contributed by atoms with van der Waals surface area (Å²) in [6, 6.07) is 15.0. The molecule has 7 heteroatoms. The van der Waals surface area contributed by atoms with Gasteiger partial charge in [-0.1, -0.05) is 38.5 Å². The molecular weight excluding hydrogens is 420 g/mol. The lowest BCUT2D eigenvalue weighted by Crippen LogP contribution is -2.16. The molecule has 0 amide bonds. The lowest BCUT2D eigenvalue weighted by Gasteiger charge is -2.13. The first-order valence-electron chi connectivity index (χ1n) is 11.3. The average Bonchev–Trinajstić information content (AvgIpc) is 3.22. The van der Waals surface area contributed by atoms with Crippen LogP contribution >= 0.6 is 0 Å². The lowest BCUT2D eigenvalue weighted by atomic mass is 10.0. The summed E-state index contributed by atoms with van der Waals surface area (Å²) in [6.45, 7) is 4.91. The van der Waals surface area contributed by atoms with E-state index < -0.39 is 12.1 Å². The molecule has 0 unspecified atom stereocenters. The molecule has 3 aromatic rings. The average molecular weight is 453 g/mol. The standard InChI is InChI=1S/C26H32N2O5/c1-4-6-13-33-25-12-11-18(15-26(30)31)14-21(25)22-16-23(28(27-22)17-19(29)5-2)20-9-7-8-10-24(20)32-3/h7-12,14,16,19,29H,4-6,13,15,17H2,1-3H3,(H,30,31)/t19-/m1/s1. The Morgan fingerprint density at radius 2 is 1.88 bits per heavy atom. The smallest absolute Gasteiger partial charge is 0.307 e. The van der Waals surface area contributed by atoms with Gasteiger partial charge < -0.3 is 19.7 Å². The van der Waals surface area contributed by atoms with E-state index in [1.165, 1.54) is 0 Å². The van der Waals surface area contributed by atoms with Crippen molar-refractivity contribution in [2.24, 2.45) is 0 Å². The number of methoxy groups -OCH3 is 1. The van der Waals surface area contributed by atoms with Gasteiger partial charge in [-0.15, -0.1) is 0 Å². The highest BCUT2D eigenvalue weighted by Crippen LogP contribution is 2.36. The van der Waals surface area contributed by atoms with Gasteiger partial charge in [-0.25, -0.2) is 0 Å². The first-order valence-corrected chi connectivity index (χ1v) is 11.3. The molecule has 0 saturated carbocycles. The normalized spacial score (nSPS) is 11.9.